The number of alkyl halides is 2. The van der Waals surface area contributed by atoms with Gasteiger partial charge in [0.05, 0.1) is 17.8 Å². The highest BCUT2D eigenvalue weighted by atomic mass is 19.3. The zero-order valence-electron chi connectivity index (χ0n) is 18.4. The van der Waals surface area contributed by atoms with Crippen molar-refractivity contribution >= 4 is 17.4 Å². The van der Waals surface area contributed by atoms with E-state index >= 15 is 0 Å². The van der Waals surface area contributed by atoms with Crippen LogP contribution in [0.2, 0.25) is 0 Å². The second-order valence-corrected chi connectivity index (χ2v) is 8.53. The van der Waals surface area contributed by atoms with Crippen molar-refractivity contribution in [2.24, 2.45) is 5.92 Å². The average Bonchev–Trinajstić information content (AvgIpc) is 3.09. The van der Waals surface area contributed by atoms with Gasteiger partial charge in [-0.15, -0.1) is 0 Å². The number of benzene rings is 1. The van der Waals surface area contributed by atoms with Crippen LogP contribution >= 0.6 is 0 Å². The summed E-state index contributed by atoms with van der Waals surface area (Å²) in [6.45, 7) is 0.617. The van der Waals surface area contributed by atoms with Crippen LogP contribution in [0, 0.1) is 5.92 Å². The first-order chi connectivity index (χ1) is 16.0. The molecule has 0 atom stereocenters. The molecular weight excluding hydrogens is 430 g/mol. The van der Waals surface area contributed by atoms with Crippen molar-refractivity contribution in [2.75, 3.05) is 38.1 Å². The number of carbonyl (C=O) groups excluding carboxylic acids is 1. The molecule has 10 heteroatoms. The molecule has 2 aromatic heterocycles. The molecule has 33 heavy (non-hydrogen) atoms. The topological polar surface area (TPSA) is 75.0 Å². The van der Waals surface area contributed by atoms with Gasteiger partial charge in [-0.25, -0.2) is 4.98 Å². The van der Waals surface area contributed by atoms with Gasteiger partial charge in [0, 0.05) is 51.3 Å². The zero-order chi connectivity index (χ0) is 22.9. The summed E-state index contributed by atoms with van der Waals surface area (Å²) in [5, 5.41) is 7.91. The van der Waals surface area contributed by atoms with Gasteiger partial charge in [0.2, 0.25) is 5.91 Å². The third-order valence-corrected chi connectivity index (χ3v) is 6.26. The Morgan fingerprint density at radius 3 is 2.73 bits per heavy atom. The van der Waals surface area contributed by atoms with E-state index in [1.807, 2.05) is 10.6 Å². The number of aromatic nitrogens is 3. The molecule has 4 heterocycles. The van der Waals surface area contributed by atoms with Gasteiger partial charge in [-0.3, -0.25) is 4.79 Å². The first-order valence-corrected chi connectivity index (χ1v) is 11.1. The molecule has 0 radical (unpaired) electrons. The predicted molar refractivity (Wildman–Crippen MR) is 119 cm³/mol. The summed E-state index contributed by atoms with van der Waals surface area (Å²) in [6, 6.07) is 8.29. The first kappa shape index (κ1) is 21.6. The van der Waals surface area contributed by atoms with Crippen molar-refractivity contribution in [3.63, 3.8) is 0 Å². The second-order valence-electron chi connectivity index (χ2n) is 8.53. The quantitative estimate of drug-likeness (QED) is 0.613. The number of fused-ring (bicyclic) bond motifs is 2. The Morgan fingerprint density at radius 1 is 1.21 bits per heavy atom. The van der Waals surface area contributed by atoms with Gasteiger partial charge in [-0.2, -0.15) is 18.4 Å². The summed E-state index contributed by atoms with van der Waals surface area (Å²) in [6.07, 6.45) is 3.52. The number of amides is 1. The molecule has 0 bridgehead atoms. The number of nitrogens with one attached hydrogen (secondary N) is 1. The highest BCUT2D eigenvalue weighted by Gasteiger charge is 2.37. The number of nitrogens with zero attached hydrogens (tertiary/aromatic N) is 5. The second kappa shape index (κ2) is 8.93. The van der Waals surface area contributed by atoms with Crippen LogP contribution in [-0.4, -0.2) is 65.2 Å². The summed E-state index contributed by atoms with van der Waals surface area (Å²) in [4.78, 5) is 21.7. The van der Waals surface area contributed by atoms with E-state index in [2.05, 4.69) is 20.1 Å². The molecule has 1 N–H and O–H groups in total. The maximum absolute atomic E-state index is 13.0. The molecule has 3 aromatic rings. The SMILES string of the molecule is CN(Cc1ccc(OC(F)F)cc1)C(=O)C1CN(c2c3c(nc4ccnn24)CCNCC3)C1. The molecule has 0 saturated carbocycles. The normalized spacial score (nSPS) is 16.4. The summed E-state index contributed by atoms with van der Waals surface area (Å²) < 4.78 is 30.9. The zero-order valence-corrected chi connectivity index (χ0v) is 18.4. The Bertz CT molecular complexity index is 1140. The van der Waals surface area contributed by atoms with Crippen LogP contribution in [0.1, 0.15) is 16.8 Å². The van der Waals surface area contributed by atoms with E-state index in [4.69, 9.17) is 4.98 Å². The minimum atomic E-state index is -2.85. The van der Waals surface area contributed by atoms with Gasteiger partial charge in [-0.05, 0) is 30.7 Å². The van der Waals surface area contributed by atoms with E-state index < -0.39 is 6.61 Å². The third kappa shape index (κ3) is 4.35. The highest BCUT2D eigenvalue weighted by Crippen LogP contribution is 2.32. The number of hydrogen-bond donors (Lipinski definition) is 1. The summed E-state index contributed by atoms with van der Waals surface area (Å²) in [7, 11) is 1.77. The molecule has 174 valence electrons. The number of hydrogen-bond acceptors (Lipinski definition) is 6. The molecule has 1 amide bonds. The fraction of sp³-hybridized carbons (Fsp3) is 0.435. The van der Waals surface area contributed by atoms with Gasteiger partial charge in [0.1, 0.15) is 11.6 Å². The lowest BCUT2D eigenvalue weighted by atomic mass is 9.96. The number of rotatable bonds is 6. The molecule has 8 nitrogen and oxygen atoms in total. The largest absolute Gasteiger partial charge is 0.435 e. The summed E-state index contributed by atoms with van der Waals surface area (Å²) in [5.41, 5.74) is 4.00. The molecule has 0 unspecified atom stereocenters. The molecule has 1 aromatic carbocycles. The number of ether oxygens (including phenoxy) is 1. The highest BCUT2D eigenvalue weighted by molar-refractivity contribution is 5.82. The minimum absolute atomic E-state index is 0.0673. The molecule has 0 aliphatic carbocycles. The molecule has 0 spiro atoms. The lowest BCUT2D eigenvalue weighted by molar-refractivity contribution is -0.135. The molecule has 1 saturated heterocycles. The van der Waals surface area contributed by atoms with Gasteiger partial charge in [0.15, 0.2) is 5.65 Å². The predicted octanol–water partition coefficient (Wildman–Crippen LogP) is 2.11. The Morgan fingerprint density at radius 2 is 1.97 bits per heavy atom. The number of halogens is 2. The van der Waals surface area contributed by atoms with E-state index in [-0.39, 0.29) is 17.6 Å². The van der Waals surface area contributed by atoms with E-state index in [0.717, 1.165) is 48.7 Å². The van der Waals surface area contributed by atoms with Gasteiger partial charge in [-0.1, -0.05) is 12.1 Å². The van der Waals surface area contributed by atoms with Crippen molar-refractivity contribution in [3.05, 3.63) is 53.3 Å². The summed E-state index contributed by atoms with van der Waals surface area (Å²) >= 11 is 0. The lowest BCUT2D eigenvalue weighted by Crippen LogP contribution is -2.54. The lowest BCUT2D eigenvalue weighted by Gasteiger charge is -2.42. The molecule has 2 aliphatic heterocycles. The van der Waals surface area contributed by atoms with Crippen LogP contribution in [-0.2, 0) is 24.2 Å². The van der Waals surface area contributed by atoms with E-state index in [9.17, 15) is 13.6 Å². The van der Waals surface area contributed by atoms with Crippen LogP contribution in [0.25, 0.3) is 5.65 Å². The molecule has 2 aliphatic rings. The smallest absolute Gasteiger partial charge is 0.387 e. The molecule has 1 fully saturated rings. The number of carbonyl (C=O) groups is 1. The molecular formula is C23H26F2N6O2. The van der Waals surface area contributed by atoms with E-state index in [1.165, 1.54) is 17.7 Å². The average molecular weight is 456 g/mol. The maximum Gasteiger partial charge on any atom is 0.387 e. The minimum Gasteiger partial charge on any atom is -0.435 e. The van der Waals surface area contributed by atoms with E-state index in [1.54, 1.807) is 30.3 Å². The van der Waals surface area contributed by atoms with Gasteiger partial charge in [0.25, 0.3) is 0 Å². The van der Waals surface area contributed by atoms with Crippen LogP contribution in [0.4, 0.5) is 14.6 Å². The summed E-state index contributed by atoms with van der Waals surface area (Å²) in [5.74, 6) is 1.12. The Hall–Kier alpha value is -3.27. The van der Waals surface area contributed by atoms with Crippen molar-refractivity contribution in [1.82, 2.24) is 24.8 Å². The van der Waals surface area contributed by atoms with E-state index in [0.29, 0.717) is 19.6 Å². The van der Waals surface area contributed by atoms with Crippen molar-refractivity contribution < 1.29 is 18.3 Å². The fourth-order valence-electron chi connectivity index (χ4n) is 4.59. The van der Waals surface area contributed by atoms with Crippen molar-refractivity contribution in [2.45, 2.75) is 26.0 Å². The first-order valence-electron chi connectivity index (χ1n) is 11.1. The monoisotopic (exact) mass is 456 g/mol. The van der Waals surface area contributed by atoms with Crippen molar-refractivity contribution in [1.29, 1.82) is 0 Å². The molecule has 5 rings (SSSR count). The van der Waals surface area contributed by atoms with Crippen LogP contribution in [0.3, 0.4) is 0 Å². The van der Waals surface area contributed by atoms with Crippen molar-refractivity contribution in [3.8, 4) is 5.75 Å². The van der Waals surface area contributed by atoms with Crippen LogP contribution < -0.4 is 15.0 Å². The van der Waals surface area contributed by atoms with Gasteiger partial charge >= 0.3 is 6.61 Å². The Labute approximate surface area is 190 Å². The fourth-order valence-corrected chi connectivity index (χ4v) is 4.59. The number of anilines is 1. The van der Waals surface area contributed by atoms with Crippen LogP contribution in [0.15, 0.2) is 36.5 Å². The third-order valence-electron chi connectivity index (χ3n) is 6.26. The maximum atomic E-state index is 13.0. The Balaban J connectivity index is 1.26. The standard InChI is InChI=1S/C23H26F2N6O2/c1-29(12-15-2-4-17(5-3-15)33-23(24)25)22(32)16-13-30(14-16)21-18-6-9-26-10-7-19(18)28-20-8-11-27-31(20)21/h2-5,8,11,16,23,26H,6-7,9-10,12-14H2,1H3. The van der Waals surface area contributed by atoms with Gasteiger partial charge < -0.3 is 19.9 Å². The Kier molecular flexibility index (Phi) is 5.84. The van der Waals surface area contributed by atoms with Crippen LogP contribution in [0.5, 0.6) is 5.75 Å².